The van der Waals surface area contributed by atoms with E-state index in [1.165, 1.54) is 24.8 Å². The summed E-state index contributed by atoms with van der Waals surface area (Å²) in [6.07, 6.45) is -0.769. The number of carbonyl (C=O) groups is 1. The van der Waals surface area contributed by atoms with E-state index in [1.54, 1.807) is 18.4 Å². The Hall–Kier alpha value is -0.420. The lowest BCUT2D eigenvalue weighted by Gasteiger charge is -2.16. The Bertz CT molecular complexity index is 396. The third kappa shape index (κ3) is 2.83. The summed E-state index contributed by atoms with van der Waals surface area (Å²) in [6, 6.07) is 4.68. The van der Waals surface area contributed by atoms with E-state index in [9.17, 15) is 13.6 Å². The second kappa shape index (κ2) is 5.77. The van der Waals surface area contributed by atoms with Gasteiger partial charge in [0.15, 0.2) is 0 Å². The van der Waals surface area contributed by atoms with E-state index in [4.69, 9.17) is 0 Å². The fraction of sp³-hybridized carbons (Fsp3) is 0.364. The average Bonchev–Trinajstić information content (AvgIpc) is 2.26. The zero-order valence-electron chi connectivity index (χ0n) is 8.84. The van der Waals surface area contributed by atoms with E-state index in [0.29, 0.717) is 10.5 Å². The topological polar surface area (TPSA) is 17.1 Å². The van der Waals surface area contributed by atoms with Crippen molar-refractivity contribution in [2.75, 3.05) is 6.26 Å². The number of benzene rings is 1. The van der Waals surface area contributed by atoms with Crippen LogP contribution in [-0.2, 0) is 4.79 Å². The van der Waals surface area contributed by atoms with Crippen LogP contribution in [0.4, 0.5) is 8.78 Å². The van der Waals surface area contributed by atoms with E-state index in [2.05, 4.69) is 15.9 Å². The monoisotopic (exact) mass is 308 g/mol. The molecule has 0 spiro atoms. The molecule has 16 heavy (non-hydrogen) atoms. The van der Waals surface area contributed by atoms with Crippen molar-refractivity contribution in [3.63, 3.8) is 0 Å². The van der Waals surface area contributed by atoms with Gasteiger partial charge in [-0.05, 0) is 24.8 Å². The number of carbonyl (C=O) groups excluding carboxylic acids is 1. The van der Waals surface area contributed by atoms with Gasteiger partial charge in [0, 0.05) is 10.5 Å². The SMILES string of the molecule is CSc1cccc(C(F)F)c1C(Br)C(C)=O. The first kappa shape index (κ1) is 13.6. The summed E-state index contributed by atoms with van der Waals surface area (Å²) in [5, 5.41) is 0. The van der Waals surface area contributed by atoms with E-state index in [-0.39, 0.29) is 11.3 Å². The molecule has 0 aliphatic heterocycles. The van der Waals surface area contributed by atoms with Crippen LogP contribution in [0.5, 0.6) is 0 Å². The molecule has 1 aromatic rings. The Labute approximate surface area is 106 Å². The van der Waals surface area contributed by atoms with Crippen molar-refractivity contribution in [1.82, 2.24) is 0 Å². The average molecular weight is 309 g/mol. The number of Topliss-reactive ketones (excluding diaryl/α,β-unsaturated/α-hetero) is 1. The van der Waals surface area contributed by atoms with Gasteiger partial charge >= 0.3 is 0 Å². The Morgan fingerprint density at radius 2 is 2.06 bits per heavy atom. The summed E-state index contributed by atoms with van der Waals surface area (Å²) in [5.41, 5.74) is 0.307. The Morgan fingerprint density at radius 1 is 1.44 bits per heavy atom. The molecule has 0 fully saturated rings. The fourth-order valence-corrected chi connectivity index (χ4v) is 2.74. The van der Waals surface area contributed by atoms with Crippen molar-refractivity contribution in [3.05, 3.63) is 29.3 Å². The van der Waals surface area contributed by atoms with Crippen LogP contribution in [-0.4, -0.2) is 12.0 Å². The number of rotatable bonds is 4. The summed E-state index contributed by atoms with van der Waals surface area (Å²) in [6.45, 7) is 1.38. The molecule has 0 heterocycles. The molecule has 5 heteroatoms. The summed E-state index contributed by atoms with van der Waals surface area (Å²) >= 11 is 4.52. The van der Waals surface area contributed by atoms with Gasteiger partial charge < -0.3 is 0 Å². The van der Waals surface area contributed by atoms with Gasteiger partial charge in [0.1, 0.15) is 5.78 Å². The number of thioether (sulfide) groups is 1. The number of ketones is 1. The smallest absolute Gasteiger partial charge is 0.264 e. The van der Waals surface area contributed by atoms with Crippen LogP contribution >= 0.6 is 27.7 Å². The number of halogens is 3. The van der Waals surface area contributed by atoms with Gasteiger partial charge in [-0.2, -0.15) is 0 Å². The molecule has 88 valence electrons. The molecule has 1 aromatic carbocycles. The third-order valence-electron chi connectivity index (χ3n) is 2.17. The lowest BCUT2D eigenvalue weighted by atomic mass is 10.0. The summed E-state index contributed by atoms with van der Waals surface area (Å²) in [5.74, 6) is -0.177. The Morgan fingerprint density at radius 3 is 2.50 bits per heavy atom. The molecule has 0 radical (unpaired) electrons. The summed E-state index contributed by atoms with van der Waals surface area (Å²) < 4.78 is 25.7. The second-order valence-electron chi connectivity index (χ2n) is 3.24. The fourth-order valence-electron chi connectivity index (χ4n) is 1.40. The van der Waals surface area contributed by atoms with Crippen molar-refractivity contribution in [3.8, 4) is 0 Å². The minimum absolute atomic E-state index is 0.0797. The quantitative estimate of drug-likeness (QED) is 0.607. The lowest BCUT2D eigenvalue weighted by Crippen LogP contribution is -2.06. The zero-order valence-corrected chi connectivity index (χ0v) is 11.2. The zero-order chi connectivity index (χ0) is 12.3. The largest absolute Gasteiger partial charge is 0.298 e. The van der Waals surface area contributed by atoms with Crippen molar-refractivity contribution >= 4 is 33.5 Å². The standard InChI is InChI=1S/C11H11BrF2OS/c1-6(15)10(12)9-7(11(13)14)4-3-5-8(9)16-2/h3-5,10-11H,1-2H3. The van der Waals surface area contributed by atoms with Crippen LogP contribution in [0, 0.1) is 0 Å². The maximum atomic E-state index is 12.8. The molecule has 1 rings (SSSR count). The van der Waals surface area contributed by atoms with Crippen molar-refractivity contribution in [2.24, 2.45) is 0 Å². The molecule has 0 bridgehead atoms. The molecule has 0 N–H and O–H groups in total. The molecular formula is C11H11BrF2OS. The van der Waals surface area contributed by atoms with E-state index in [1.807, 2.05) is 0 Å². The molecule has 0 aliphatic rings. The van der Waals surface area contributed by atoms with Crippen LogP contribution in [0.1, 0.15) is 29.3 Å². The number of alkyl halides is 3. The number of hydrogen-bond acceptors (Lipinski definition) is 2. The Kier molecular flexibility index (Phi) is 4.92. The maximum Gasteiger partial charge on any atom is 0.264 e. The highest BCUT2D eigenvalue weighted by Gasteiger charge is 2.24. The van der Waals surface area contributed by atoms with Crippen molar-refractivity contribution < 1.29 is 13.6 Å². The van der Waals surface area contributed by atoms with Crippen LogP contribution in [0.15, 0.2) is 23.1 Å². The summed E-state index contributed by atoms with van der Waals surface area (Å²) in [4.78, 5) is 11.3. The van der Waals surface area contributed by atoms with Crippen LogP contribution in [0.3, 0.4) is 0 Å². The van der Waals surface area contributed by atoms with E-state index in [0.717, 1.165) is 0 Å². The molecule has 0 aliphatic carbocycles. The van der Waals surface area contributed by atoms with Gasteiger partial charge in [0.2, 0.25) is 0 Å². The van der Waals surface area contributed by atoms with Crippen molar-refractivity contribution in [1.29, 1.82) is 0 Å². The summed E-state index contributed by atoms with van der Waals surface area (Å²) in [7, 11) is 0. The van der Waals surface area contributed by atoms with E-state index < -0.39 is 11.3 Å². The van der Waals surface area contributed by atoms with Gasteiger partial charge in [-0.15, -0.1) is 11.8 Å². The third-order valence-corrected chi connectivity index (χ3v) is 4.06. The van der Waals surface area contributed by atoms with Crippen LogP contribution in [0.25, 0.3) is 0 Å². The highest BCUT2D eigenvalue weighted by molar-refractivity contribution is 9.09. The molecular weight excluding hydrogens is 298 g/mol. The molecule has 1 nitrogen and oxygen atoms in total. The molecule has 0 amide bonds. The normalized spacial score (nSPS) is 12.9. The predicted molar refractivity (Wildman–Crippen MR) is 65.5 cm³/mol. The van der Waals surface area contributed by atoms with Crippen molar-refractivity contribution in [2.45, 2.75) is 23.1 Å². The van der Waals surface area contributed by atoms with Gasteiger partial charge in [0.05, 0.1) is 4.83 Å². The number of hydrogen-bond donors (Lipinski definition) is 0. The van der Waals surface area contributed by atoms with Gasteiger partial charge in [-0.3, -0.25) is 4.79 Å². The first-order valence-corrected chi connectivity index (χ1v) is 6.72. The second-order valence-corrected chi connectivity index (χ2v) is 5.00. The highest BCUT2D eigenvalue weighted by atomic mass is 79.9. The lowest BCUT2D eigenvalue weighted by molar-refractivity contribution is -0.116. The first-order chi connectivity index (χ1) is 7.49. The van der Waals surface area contributed by atoms with Crippen LogP contribution in [0.2, 0.25) is 0 Å². The minimum atomic E-state index is -2.57. The molecule has 1 unspecified atom stereocenters. The van der Waals surface area contributed by atoms with Gasteiger partial charge in [-0.25, -0.2) is 8.78 Å². The van der Waals surface area contributed by atoms with Gasteiger partial charge in [-0.1, -0.05) is 28.1 Å². The highest BCUT2D eigenvalue weighted by Crippen LogP contribution is 2.38. The first-order valence-electron chi connectivity index (χ1n) is 4.58. The molecule has 0 saturated heterocycles. The maximum absolute atomic E-state index is 12.8. The minimum Gasteiger partial charge on any atom is -0.298 e. The molecule has 0 saturated carbocycles. The molecule has 1 atom stereocenters. The predicted octanol–water partition coefficient (Wildman–Crippen LogP) is 4.37. The molecule has 0 aromatic heterocycles. The van der Waals surface area contributed by atoms with E-state index >= 15 is 0 Å². The Balaban J connectivity index is 3.35. The van der Waals surface area contributed by atoms with Crippen LogP contribution < -0.4 is 0 Å². The van der Waals surface area contributed by atoms with Gasteiger partial charge in [0.25, 0.3) is 6.43 Å².